The molecule has 17 heavy (non-hydrogen) atoms. The molecule has 1 unspecified atom stereocenters. The first kappa shape index (κ1) is 14.2. The molecule has 0 radical (unpaired) electrons. The minimum atomic E-state index is -0.803. The average molecular weight is 252 g/mol. The van der Waals surface area contributed by atoms with Gasteiger partial charge in [-0.2, -0.15) is 0 Å². The van der Waals surface area contributed by atoms with Crippen LogP contribution in [0, 0.1) is 0 Å². The molecule has 1 aliphatic rings. The Morgan fingerprint density at radius 1 is 1.29 bits per heavy atom. The monoisotopic (exact) mass is 252 g/mol. The van der Waals surface area contributed by atoms with E-state index in [-0.39, 0.29) is 5.78 Å². The first-order chi connectivity index (χ1) is 8.29. The predicted octanol–water partition coefficient (Wildman–Crippen LogP) is 2.25. The summed E-state index contributed by atoms with van der Waals surface area (Å²) >= 11 is 4.09. The second kappa shape index (κ2) is 6.79. The van der Waals surface area contributed by atoms with Crippen LogP contribution < -0.4 is 10.0 Å². The molecule has 2 rings (SSSR count). The lowest BCUT2D eigenvalue weighted by Gasteiger charge is -2.36. The van der Waals surface area contributed by atoms with Crippen molar-refractivity contribution in [3.63, 3.8) is 0 Å². The van der Waals surface area contributed by atoms with Gasteiger partial charge in [0.15, 0.2) is 11.4 Å². The van der Waals surface area contributed by atoms with Crippen molar-refractivity contribution >= 4 is 18.6 Å². The van der Waals surface area contributed by atoms with E-state index in [1.165, 1.54) is 0 Å². The number of benzene rings is 1. The average Bonchev–Trinajstić information content (AvgIpc) is 2.43. The van der Waals surface area contributed by atoms with E-state index in [1.54, 1.807) is 0 Å². The fraction of sp³-hybridized carbons (Fsp3) is 0.462. The van der Waals surface area contributed by atoms with Gasteiger partial charge in [0.1, 0.15) is 0 Å². The van der Waals surface area contributed by atoms with E-state index in [2.05, 4.69) is 22.9 Å². The molecule has 0 aliphatic carbocycles. The van der Waals surface area contributed by atoms with E-state index >= 15 is 0 Å². The minimum Gasteiger partial charge on any atom is -0.296 e. The van der Waals surface area contributed by atoms with Crippen LogP contribution in [0.25, 0.3) is 0 Å². The molecule has 4 heteroatoms. The standard InChI is InChI=1S/C11H14N2OS.C2H6/c14-10-7-4-8-12-11(10,13-15)9-5-2-1-3-6-9;1-2/h1-3,5-6,12-13,15H,4,7-8H2;1-2H3. The van der Waals surface area contributed by atoms with Gasteiger partial charge in [0.2, 0.25) is 0 Å². The van der Waals surface area contributed by atoms with E-state index in [0.717, 1.165) is 18.5 Å². The third-order valence-corrected chi connectivity index (χ3v) is 3.10. The van der Waals surface area contributed by atoms with E-state index in [1.807, 2.05) is 44.2 Å². The summed E-state index contributed by atoms with van der Waals surface area (Å²) in [7, 11) is 0. The van der Waals surface area contributed by atoms with Crippen LogP contribution in [0.4, 0.5) is 0 Å². The molecule has 0 bridgehead atoms. The Bertz CT molecular complexity index is 356. The van der Waals surface area contributed by atoms with E-state index in [0.29, 0.717) is 6.42 Å². The Hall–Kier alpha value is -0.840. The van der Waals surface area contributed by atoms with Crippen LogP contribution in [0.15, 0.2) is 30.3 Å². The van der Waals surface area contributed by atoms with Gasteiger partial charge in [-0.1, -0.05) is 57.0 Å². The number of Topliss-reactive ketones (excluding diaryl/α,β-unsaturated/α-hetero) is 1. The minimum absolute atomic E-state index is 0.148. The van der Waals surface area contributed by atoms with Crippen molar-refractivity contribution in [2.45, 2.75) is 32.4 Å². The zero-order valence-corrected chi connectivity index (χ0v) is 11.3. The molecule has 1 aromatic rings. The third kappa shape index (κ3) is 2.89. The normalized spacial score (nSPS) is 23.8. The van der Waals surface area contributed by atoms with Gasteiger partial charge in [0.05, 0.1) is 0 Å². The summed E-state index contributed by atoms with van der Waals surface area (Å²) in [6.45, 7) is 4.83. The predicted molar refractivity (Wildman–Crippen MR) is 73.8 cm³/mol. The number of hydrogen-bond acceptors (Lipinski definition) is 4. The molecule has 1 heterocycles. The van der Waals surface area contributed by atoms with Crippen molar-refractivity contribution in [2.75, 3.05) is 6.54 Å². The number of nitrogens with one attached hydrogen (secondary N) is 2. The van der Waals surface area contributed by atoms with Crippen LogP contribution in [0.5, 0.6) is 0 Å². The number of ketones is 1. The largest absolute Gasteiger partial charge is 0.296 e. The van der Waals surface area contributed by atoms with Gasteiger partial charge in [-0.05, 0) is 18.5 Å². The van der Waals surface area contributed by atoms with Gasteiger partial charge in [0, 0.05) is 6.42 Å². The van der Waals surface area contributed by atoms with Crippen LogP contribution in [0.1, 0.15) is 32.3 Å². The van der Waals surface area contributed by atoms with Gasteiger partial charge in [-0.25, -0.2) is 4.72 Å². The van der Waals surface area contributed by atoms with Crippen molar-refractivity contribution in [3.8, 4) is 0 Å². The fourth-order valence-corrected chi connectivity index (χ4v) is 2.26. The molecule has 0 spiro atoms. The van der Waals surface area contributed by atoms with Crippen molar-refractivity contribution in [3.05, 3.63) is 35.9 Å². The van der Waals surface area contributed by atoms with Crippen molar-refractivity contribution in [1.82, 2.24) is 10.0 Å². The molecule has 1 saturated heterocycles. The van der Waals surface area contributed by atoms with Crippen LogP contribution in [-0.4, -0.2) is 12.3 Å². The van der Waals surface area contributed by atoms with Gasteiger partial charge in [0.25, 0.3) is 0 Å². The summed E-state index contributed by atoms with van der Waals surface area (Å²) in [6, 6.07) is 9.64. The molecular formula is C13H20N2OS. The Kier molecular flexibility index (Phi) is 5.68. The first-order valence-corrected chi connectivity index (χ1v) is 6.49. The molecule has 94 valence electrons. The van der Waals surface area contributed by atoms with E-state index in [4.69, 9.17) is 0 Å². The lowest BCUT2D eigenvalue weighted by Crippen LogP contribution is -2.59. The topological polar surface area (TPSA) is 41.1 Å². The van der Waals surface area contributed by atoms with Gasteiger partial charge in [-0.3, -0.25) is 10.1 Å². The lowest BCUT2D eigenvalue weighted by atomic mass is 9.90. The number of piperidine rings is 1. The molecule has 2 N–H and O–H groups in total. The highest BCUT2D eigenvalue weighted by Gasteiger charge is 2.40. The Balaban J connectivity index is 0.000000686. The summed E-state index contributed by atoms with van der Waals surface area (Å²) in [5.41, 5.74) is 0.118. The van der Waals surface area contributed by atoms with Gasteiger partial charge in [-0.15, -0.1) is 0 Å². The summed E-state index contributed by atoms with van der Waals surface area (Å²) in [6.07, 6.45) is 1.48. The maximum absolute atomic E-state index is 12.0. The number of carbonyl (C=O) groups excluding carboxylic acids is 1. The molecule has 3 nitrogen and oxygen atoms in total. The molecule has 0 amide bonds. The quantitative estimate of drug-likeness (QED) is 0.707. The fourth-order valence-electron chi connectivity index (χ4n) is 1.93. The maximum atomic E-state index is 12.0. The number of carbonyl (C=O) groups is 1. The summed E-state index contributed by atoms with van der Waals surface area (Å²) < 4.78 is 2.82. The van der Waals surface area contributed by atoms with Gasteiger partial charge < -0.3 is 0 Å². The summed E-state index contributed by atoms with van der Waals surface area (Å²) in [5.74, 6) is 0.148. The second-order valence-electron chi connectivity index (χ2n) is 3.68. The van der Waals surface area contributed by atoms with Crippen molar-refractivity contribution in [2.24, 2.45) is 0 Å². The number of rotatable bonds is 2. The molecule has 0 saturated carbocycles. The summed E-state index contributed by atoms with van der Waals surface area (Å²) in [5, 5.41) is 3.21. The van der Waals surface area contributed by atoms with E-state index < -0.39 is 5.66 Å². The molecule has 1 aromatic carbocycles. The SMILES string of the molecule is CC.O=C1CCCNC1(NS)c1ccccc1. The highest BCUT2D eigenvalue weighted by atomic mass is 32.1. The Labute approximate surface area is 109 Å². The second-order valence-corrected chi connectivity index (χ2v) is 3.90. The molecule has 1 fully saturated rings. The third-order valence-electron chi connectivity index (χ3n) is 2.76. The Morgan fingerprint density at radius 3 is 2.47 bits per heavy atom. The summed E-state index contributed by atoms with van der Waals surface area (Å²) in [4.78, 5) is 12.0. The highest BCUT2D eigenvalue weighted by molar-refractivity contribution is 7.78. The van der Waals surface area contributed by atoms with Crippen LogP contribution in [-0.2, 0) is 10.5 Å². The zero-order chi connectivity index (χ0) is 12.7. The maximum Gasteiger partial charge on any atom is 0.173 e. The molecule has 1 atom stereocenters. The molecule has 0 aromatic heterocycles. The van der Waals surface area contributed by atoms with Crippen molar-refractivity contribution in [1.29, 1.82) is 0 Å². The van der Waals surface area contributed by atoms with Gasteiger partial charge >= 0.3 is 0 Å². The highest BCUT2D eigenvalue weighted by Crippen LogP contribution is 2.25. The van der Waals surface area contributed by atoms with Crippen LogP contribution in [0.3, 0.4) is 0 Å². The van der Waals surface area contributed by atoms with Crippen LogP contribution >= 0.6 is 12.8 Å². The first-order valence-electron chi connectivity index (χ1n) is 6.05. The molecular weight excluding hydrogens is 232 g/mol. The zero-order valence-electron chi connectivity index (χ0n) is 10.4. The van der Waals surface area contributed by atoms with E-state index in [9.17, 15) is 4.79 Å². The number of hydrogen-bond donors (Lipinski definition) is 3. The molecule has 1 aliphatic heterocycles. The smallest absolute Gasteiger partial charge is 0.173 e. The van der Waals surface area contributed by atoms with Crippen molar-refractivity contribution < 1.29 is 4.79 Å². The number of thiol groups is 1. The van der Waals surface area contributed by atoms with Crippen LogP contribution in [0.2, 0.25) is 0 Å². The lowest BCUT2D eigenvalue weighted by molar-refractivity contribution is -0.128. The Morgan fingerprint density at radius 2 is 1.94 bits per heavy atom.